The van der Waals surface area contributed by atoms with Crippen LogP contribution < -0.4 is 20.9 Å². The summed E-state index contributed by atoms with van der Waals surface area (Å²) in [6.07, 6.45) is 1.90. The Labute approximate surface area is 274 Å². The van der Waals surface area contributed by atoms with E-state index < -0.39 is 12.2 Å². The van der Waals surface area contributed by atoms with Gasteiger partial charge < -0.3 is 10.1 Å². The van der Waals surface area contributed by atoms with Crippen molar-refractivity contribution in [3.05, 3.63) is 101 Å². The van der Waals surface area contributed by atoms with Crippen molar-refractivity contribution in [2.75, 3.05) is 18.9 Å². The van der Waals surface area contributed by atoms with Gasteiger partial charge in [0.1, 0.15) is 35.2 Å². The molecule has 0 unspecified atom stereocenters. The number of pyridine rings is 1. The van der Waals surface area contributed by atoms with E-state index in [2.05, 4.69) is 31.4 Å². The van der Waals surface area contributed by atoms with E-state index in [9.17, 15) is 9.18 Å². The number of hydrogen-bond acceptors (Lipinski definition) is 6. The highest BCUT2D eigenvalue weighted by Crippen LogP contribution is 2.39. The number of fused-ring (bicyclic) bond motifs is 1. The highest BCUT2D eigenvalue weighted by atomic mass is 19.1. The van der Waals surface area contributed by atoms with Gasteiger partial charge in [0, 0.05) is 24.4 Å². The van der Waals surface area contributed by atoms with Crippen LogP contribution in [0.3, 0.4) is 0 Å². The lowest BCUT2D eigenvalue weighted by Crippen LogP contribution is -2.40. The van der Waals surface area contributed by atoms with E-state index in [0.29, 0.717) is 24.4 Å². The summed E-state index contributed by atoms with van der Waals surface area (Å²) in [5, 5.41) is 28.2. The number of carbonyl (C=O) groups excluding carboxylic acids is 1. The van der Waals surface area contributed by atoms with Crippen LogP contribution in [0.15, 0.2) is 72.9 Å². The van der Waals surface area contributed by atoms with E-state index in [0.717, 1.165) is 28.1 Å². The molecule has 2 aliphatic rings. The third-order valence-electron chi connectivity index (χ3n) is 9.01. The maximum Gasteiger partial charge on any atom is 0.320 e. The first-order valence-corrected chi connectivity index (χ1v) is 16.1. The number of amides is 2. The maximum absolute atomic E-state index is 14.0. The number of likely N-dealkylation sites (N-methyl/N-ethyl adjacent to an activating group) is 1. The van der Waals surface area contributed by atoms with Crippen molar-refractivity contribution in [1.29, 1.82) is 10.8 Å². The van der Waals surface area contributed by atoms with Gasteiger partial charge in [0.05, 0.1) is 29.7 Å². The first kappa shape index (κ1) is 32.2. The molecule has 246 valence electrons. The number of alkyl halides is 1. The molecule has 11 heteroatoms. The molecule has 47 heavy (non-hydrogen) atoms. The lowest BCUT2D eigenvalue weighted by atomic mass is 9.85. The number of nitrogens with zero attached hydrogens (tertiary/aromatic N) is 4. The SMILES string of the molecule is Cc1ccc(-n2nc(C(C)(C)C)cc2NC(=O)N[C@H]2CC[C@@H](Oc3ccc(=N)n(C(=N)[C@@H]4C[C@@H](F)CN4C)c3)c3ccccc32)cc1. The molecule has 6 rings (SSSR count). The highest BCUT2D eigenvalue weighted by molar-refractivity contribution is 5.89. The fourth-order valence-corrected chi connectivity index (χ4v) is 6.38. The molecule has 0 saturated carbocycles. The molecule has 0 bridgehead atoms. The van der Waals surface area contributed by atoms with Crippen LogP contribution in [0.4, 0.5) is 15.0 Å². The Morgan fingerprint density at radius 1 is 1.04 bits per heavy atom. The largest absolute Gasteiger partial charge is 0.484 e. The summed E-state index contributed by atoms with van der Waals surface area (Å²) in [7, 11) is 1.80. The van der Waals surface area contributed by atoms with Gasteiger partial charge in [-0.15, -0.1) is 0 Å². The fourth-order valence-electron chi connectivity index (χ4n) is 6.38. The van der Waals surface area contributed by atoms with E-state index in [1.807, 2.05) is 66.4 Å². The third-order valence-corrected chi connectivity index (χ3v) is 9.01. The molecule has 10 nitrogen and oxygen atoms in total. The number of aryl methyl sites for hydroxylation is 1. The summed E-state index contributed by atoms with van der Waals surface area (Å²) < 4.78 is 23.7. The standard InChI is InChI=1S/C36H43FN8O2/c1-22-10-12-24(13-11-22)45-33(19-31(42-45)36(2,3)4)41-35(46)40-28-15-16-30(27-9-7-6-8-26(27)28)47-25-14-17-32(38)44(21-25)34(39)29-18-23(37)20-43(29)5/h6-14,17,19,21,23,28-30,38-39H,15-16,18,20H2,1-5H3,(H2,40,41,46)/t23-,28+,29+,30-/m1/s1. The number of urea groups is 1. The zero-order chi connectivity index (χ0) is 33.5. The number of likely N-dealkylation sites (tertiary alicyclic amines) is 1. The van der Waals surface area contributed by atoms with Crippen LogP contribution in [-0.2, 0) is 5.41 Å². The van der Waals surface area contributed by atoms with Gasteiger partial charge in [-0.1, -0.05) is 62.7 Å². The average molecular weight is 639 g/mol. The number of anilines is 1. The lowest BCUT2D eigenvalue weighted by molar-refractivity contribution is 0.171. The van der Waals surface area contributed by atoms with Gasteiger partial charge in [0.15, 0.2) is 0 Å². The molecule has 3 heterocycles. The molecule has 0 spiro atoms. The molecule has 2 aromatic carbocycles. The zero-order valence-corrected chi connectivity index (χ0v) is 27.5. The molecule has 1 fully saturated rings. The first-order valence-electron chi connectivity index (χ1n) is 16.1. The Morgan fingerprint density at radius 2 is 1.77 bits per heavy atom. The van der Waals surface area contributed by atoms with Crippen molar-refractivity contribution in [2.45, 2.75) is 76.7 Å². The van der Waals surface area contributed by atoms with Crippen molar-refractivity contribution in [3.8, 4) is 11.4 Å². The summed E-state index contributed by atoms with van der Waals surface area (Å²) in [6.45, 7) is 8.59. The van der Waals surface area contributed by atoms with Crippen molar-refractivity contribution < 1.29 is 13.9 Å². The Kier molecular flexibility index (Phi) is 8.76. The van der Waals surface area contributed by atoms with Crippen LogP contribution in [0, 0.1) is 17.7 Å². The first-order chi connectivity index (χ1) is 22.4. The van der Waals surface area contributed by atoms with Crippen LogP contribution in [0.25, 0.3) is 5.69 Å². The minimum Gasteiger partial charge on any atom is -0.484 e. The third kappa shape index (κ3) is 6.85. The summed E-state index contributed by atoms with van der Waals surface area (Å²) in [4.78, 5) is 15.3. The predicted octanol–water partition coefficient (Wildman–Crippen LogP) is 6.40. The van der Waals surface area contributed by atoms with E-state index in [-0.39, 0.29) is 47.9 Å². The lowest BCUT2D eigenvalue weighted by Gasteiger charge is -2.32. The van der Waals surface area contributed by atoms with Gasteiger partial charge in [0.25, 0.3) is 0 Å². The highest BCUT2D eigenvalue weighted by Gasteiger charge is 2.34. The van der Waals surface area contributed by atoms with Gasteiger partial charge in [-0.2, -0.15) is 5.10 Å². The van der Waals surface area contributed by atoms with Crippen LogP contribution in [0.5, 0.6) is 5.75 Å². The number of rotatable bonds is 6. The van der Waals surface area contributed by atoms with Gasteiger partial charge in [-0.05, 0) is 62.2 Å². The Bertz CT molecular complexity index is 1840. The van der Waals surface area contributed by atoms with Crippen LogP contribution >= 0.6 is 0 Å². The van der Waals surface area contributed by atoms with Crippen molar-refractivity contribution in [1.82, 2.24) is 24.6 Å². The van der Waals surface area contributed by atoms with Crippen molar-refractivity contribution >= 4 is 17.7 Å². The minimum absolute atomic E-state index is 0.135. The molecule has 4 N–H and O–H groups in total. The van der Waals surface area contributed by atoms with Gasteiger partial charge in [0.2, 0.25) is 0 Å². The van der Waals surface area contributed by atoms with Gasteiger partial charge in [-0.3, -0.25) is 25.6 Å². The summed E-state index contributed by atoms with van der Waals surface area (Å²) in [6, 6.07) is 20.2. The van der Waals surface area contributed by atoms with Crippen molar-refractivity contribution in [2.24, 2.45) is 0 Å². The smallest absolute Gasteiger partial charge is 0.320 e. The molecule has 2 aromatic heterocycles. The maximum atomic E-state index is 14.0. The summed E-state index contributed by atoms with van der Waals surface area (Å²) >= 11 is 0. The molecular formula is C36H43FN8O2. The fraction of sp³-hybridized carbons (Fsp3) is 0.389. The van der Waals surface area contributed by atoms with E-state index in [4.69, 9.17) is 20.7 Å². The average Bonchev–Trinajstić information content (AvgIpc) is 3.61. The molecule has 4 atom stereocenters. The topological polar surface area (TPSA) is 124 Å². The van der Waals surface area contributed by atoms with Gasteiger partial charge >= 0.3 is 6.03 Å². The number of nitrogens with one attached hydrogen (secondary N) is 4. The monoisotopic (exact) mass is 638 g/mol. The summed E-state index contributed by atoms with van der Waals surface area (Å²) in [5.41, 5.74) is 4.75. The Balaban J connectivity index is 1.19. The molecule has 1 saturated heterocycles. The minimum atomic E-state index is -0.988. The molecule has 0 radical (unpaired) electrons. The molecule has 2 amide bonds. The van der Waals surface area contributed by atoms with E-state index in [1.54, 1.807) is 30.1 Å². The predicted molar refractivity (Wildman–Crippen MR) is 180 cm³/mol. The number of carbonyl (C=O) groups is 1. The molecule has 4 aromatic rings. The second-order valence-corrected chi connectivity index (χ2v) is 13.7. The Morgan fingerprint density at radius 3 is 2.45 bits per heavy atom. The van der Waals surface area contributed by atoms with Crippen LogP contribution in [0.1, 0.15) is 74.6 Å². The second kappa shape index (κ2) is 12.8. The normalized spacial score (nSPS) is 21.2. The quantitative estimate of drug-likeness (QED) is 0.144. The number of halogens is 1. The number of benzene rings is 2. The summed E-state index contributed by atoms with van der Waals surface area (Å²) in [5.74, 6) is 1.26. The van der Waals surface area contributed by atoms with Crippen LogP contribution in [-0.4, -0.2) is 56.9 Å². The van der Waals surface area contributed by atoms with Crippen LogP contribution in [0.2, 0.25) is 0 Å². The molecule has 1 aliphatic heterocycles. The second-order valence-electron chi connectivity index (χ2n) is 13.7. The van der Waals surface area contributed by atoms with E-state index in [1.165, 1.54) is 4.57 Å². The number of aromatic nitrogens is 3. The zero-order valence-electron chi connectivity index (χ0n) is 27.5. The molecular weight excluding hydrogens is 595 g/mol. The Hall–Kier alpha value is -4.77. The number of hydrogen-bond donors (Lipinski definition) is 4. The van der Waals surface area contributed by atoms with E-state index >= 15 is 0 Å². The van der Waals surface area contributed by atoms with Crippen molar-refractivity contribution in [3.63, 3.8) is 0 Å². The number of ether oxygens (including phenoxy) is 1. The molecule has 1 aliphatic carbocycles. The van der Waals surface area contributed by atoms with Gasteiger partial charge in [-0.25, -0.2) is 13.9 Å².